The van der Waals surface area contributed by atoms with Crippen molar-refractivity contribution < 1.29 is 32.5 Å². The van der Waals surface area contributed by atoms with E-state index in [4.69, 9.17) is 24.7 Å². The second kappa shape index (κ2) is 9.98. The fraction of sp³-hybridized carbons (Fsp3) is 0.333. The minimum absolute atomic E-state index is 0.0530. The second-order valence-corrected chi connectivity index (χ2v) is 8.50. The predicted molar refractivity (Wildman–Crippen MR) is 123 cm³/mol. The Hall–Kier alpha value is -3.82. The van der Waals surface area contributed by atoms with Gasteiger partial charge in [0, 0.05) is 42.5 Å². The van der Waals surface area contributed by atoms with Crippen LogP contribution in [0.3, 0.4) is 0 Å². The van der Waals surface area contributed by atoms with Crippen molar-refractivity contribution in [2.75, 3.05) is 33.0 Å². The molecule has 1 aromatic heterocycles. The molecule has 3 rings (SSSR count). The van der Waals surface area contributed by atoms with E-state index in [0.29, 0.717) is 22.4 Å². The number of aromatic nitrogens is 1. The van der Waals surface area contributed by atoms with Crippen LogP contribution in [0.15, 0.2) is 36.5 Å². The highest BCUT2D eigenvalue weighted by atomic mass is 19.1. The number of carbonyl (C=O) groups is 1. The van der Waals surface area contributed by atoms with Gasteiger partial charge in [-0.2, -0.15) is 0 Å². The summed E-state index contributed by atoms with van der Waals surface area (Å²) in [5.74, 6) is -1.54. The van der Waals surface area contributed by atoms with Crippen molar-refractivity contribution in [2.24, 2.45) is 0 Å². The van der Waals surface area contributed by atoms with E-state index in [1.165, 1.54) is 24.3 Å². The molecule has 8 nitrogen and oxygen atoms in total. The summed E-state index contributed by atoms with van der Waals surface area (Å²) in [6.45, 7) is 5.79. The van der Waals surface area contributed by atoms with Gasteiger partial charge in [0.2, 0.25) is 0 Å². The van der Waals surface area contributed by atoms with E-state index in [2.05, 4.69) is 4.98 Å². The minimum atomic E-state index is -0.927. The Morgan fingerprint density at radius 1 is 1.09 bits per heavy atom. The number of hydrogen-bond donors (Lipinski definition) is 1. The first kappa shape index (κ1) is 24.8. The first-order valence-corrected chi connectivity index (χ1v) is 10.4. The Bertz CT molecular complexity index is 1170. The molecule has 0 saturated heterocycles. The van der Waals surface area contributed by atoms with E-state index in [1.54, 1.807) is 40.0 Å². The first-order chi connectivity index (χ1) is 16.0. The molecule has 2 N–H and O–H groups in total. The Balaban J connectivity index is 1.80. The zero-order chi connectivity index (χ0) is 25.0. The van der Waals surface area contributed by atoms with Crippen LogP contribution in [0.5, 0.6) is 23.0 Å². The van der Waals surface area contributed by atoms with Gasteiger partial charge in [0.1, 0.15) is 18.0 Å². The number of amides is 1. The standard InChI is InChI=1S/C24H27F2N3O5/c1-24(2,3)34-23(30)29(4)8-9-32-21-13-18-15(12-20(21)31-5)19(6-7-28-18)33-22-16(25)10-14(27)11-17(22)26/h6-7,10-13H,8-9,27H2,1-5H3. The lowest BCUT2D eigenvalue weighted by atomic mass is 10.1. The van der Waals surface area contributed by atoms with Gasteiger partial charge in [-0.25, -0.2) is 13.6 Å². The Morgan fingerprint density at radius 3 is 2.38 bits per heavy atom. The average Bonchev–Trinajstić information content (AvgIpc) is 2.74. The van der Waals surface area contributed by atoms with Crippen LogP contribution in [0.1, 0.15) is 20.8 Å². The second-order valence-electron chi connectivity index (χ2n) is 8.50. The number of methoxy groups -OCH3 is 1. The van der Waals surface area contributed by atoms with Crippen LogP contribution in [-0.2, 0) is 4.74 Å². The van der Waals surface area contributed by atoms with E-state index < -0.39 is 29.1 Å². The number of nitrogens with two attached hydrogens (primary N) is 1. The number of anilines is 1. The summed E-state index contributed by atoms with van der Waals surface area (Å²) in [5, 5.41) is 0.452. The highest BCUT2D eigenvalue weighted by Crippen LogP contribution is 2.38. The molecule has 34 heavy (non-hydrogen) atoms. The molecule has 0 atom stereocenters. The number of nitrogen functional groups attached to an aromatic ring is 1. The van der Waals surface area contributed by atoms with E-state index in [9.17, 15) is 13.6 Å². The number of carbonyl (C=O) groups excluding carboxylic acids is 1. The Labute approximate surface area is 196 Å². The molecule has 0 aliphatic heterocycles. The lowest BCUT2D eigenvalue weighted by molar-refractivity contribution is 0.0278. The van der Waals surface area contributed by atoms with E-state index in [-0.39, 0.29) is 24.6 Å². The average molecular weight is 475 g/mol. The number of benzene rings is 2. The van der Waals surface area contributed by atoms with Gasteiger partial charge < -0.3 is 29.6 Å². The van der Waals surface area contributed by atoms with Crippen LogP contribution in [0.4, 0.5) is 19.3 Å². The van der Waals surface area contributed by atoms with Crippen molar-refractivity contribution in [2.45, 2.75) is 26.4 Å². The lowest BCUT2D eigenvalue weighted by Gasteiger charge is -2.24. The monoisotopic (exact) mass is 475 g/mol. The van der Waals surface area contributed by atoms with Crippen LogP contribution < -0.4 is 19.9 Å². The molecule has 0 fully saturated rings. The number of ether oxygens (including phenoxy) is 4. The molecule has 0 unspecified atom stereocenters. The largest absolute Gasteiger partial charge is 0.493 e. The van der Waals surface area contributed by atoms with Gasteiger partial charge in [-0.1, -0.05) is 0 Å². The van der Waals surface area contributed by atoms with Crippen molar-refractivity contribution in [3.63, 3.8) is 0 Å². The third-order valence-electron chi connectivity index (χ3n) is 4.61. The number of fused-ring (bicyclic) bond motifs is 1. The first-order valence-electron chi connectivity index (χ1n) is 10.4. The molecule has 2 aromatic carbocycles. The summed E-state index contributed by atoms with van der Waals surface area (Å²) in [6.07, 6.45) is 0.976. The molecule has 1 heterocycles. The van der Waals surface area contributed by atoms with Gasteiger partial charge in [0.05, 0.1) is 19.2 Å². The summed E-state index contributed by atoms with van der Waals surface area (Å²) in [5.41, 5.74) is 5.26. The van der Waals surface area contributed by atoms with Crippen molar-refractivity contribution in [3.05, 3.63) is 48.2 Å². The summed E-state index contributed by atoms with van der Waals surface area (Å²) >= 11 is 0. The normalized spacial score (nSPS) is 11.3. The molecule has 3 aromatic rings. The third kappa shape index (κ3) is 5.94. The highest BCUT2D eigenvalue weighted by Gasteiger charge is 2.20. The molecule has 0 aliphatic rings. The summed E-state index contributed by atoms with van der Waals surface area (Å²) in [7, 11) is 3.06. The van der Waals surface area contributed by atoms with Crippen molar-refractivity contribution >= 4 is 22.7 Å². The molecular formula is C24H27F2N3O5. The van der Waals surface area contributed by atoms with Gasteiger partial charge in [-0.05, 0) is 32.9 Å². The molecule has 1 amide bonds. The quantitative estimate of drug-likeness (QED) is 0.473. The number of likely N-dealkylation sites (N-methyl/N-ethyl adjacent to an activating group) is 1. The topological polar surface area (TPSA) is 96.1 Å². The smallest absolute Gasteiger partial charge is 0.410 e. The molecule has 182 valence electrons. The van der Waals surface area contributed by atoms with E-state index in [1.807, 2.05) is 0 Å². The molecular weight excluding hydrogens is 448 g/mol. The fourth-order valence-corrected chi connectivity index (χ4v) is 3.00. The van der Waals surface area contributed by atoms with Crippen LogP contribution >= 0.6 is 0 Å². The highest BCUT2D eigenvalue weighted by molar-refractivity contribution is 5.88. The molecule has 0 radical (unpaired) electrons. The number of rotatable bonds is 7. The van der Waals surface area contributed by atoms with E-state index >= 15 is 0 Å². The van der Waals surface area contributed by atoms with Gasteiger partial charge in [0.15, 0.2) is 28.9 Å². The number of nitrogens with zero attached hydrogens (tertiary/aromatic N) is 2. The van der Waals surface area contributed by atoms with E-state index in [0.717, 1.165) is 12.1 Å². The number of pyridine rings is 1. The van der Waals surface area contributed by atoms with Gasteiger partial charge >= 0.3 is 6.09 Å². The lowest BCUT2D eigenvalue weighted by Crippen LogP contribution is -2.36. The van der Waals surface area contributed by atoms with Gasteiger partial charge in [-0.3, -0.25) is 4.98 Å². The van der Waals surface area contributed by atoms with Gasteiger partial charge in [-0.15, -0.1) is 0 Å². The van der Waals surface area contributed by atoms with Crippen LogP contribution in [0.2, 0.25) is 0 Å². The Kier molecular flexibility index (Phi) is 7.29. The van der Waals surface area contributed by atoms with Crippen molar-refractivity contribution in [3.8, 4) is 23.0 Å². The number of hydrogen-bond acceptors (Lipinski definition) is 7. The maximum atomic E-state index is 14.2. The zero-order valence-electron chi connectivity index (χ0n) is 19.6. The summed E-state index contributed by atoms with van der Waals surface area (Å²) < 4.78 is 50.5. The molecule has 0 saturated carbocycles. The maximum Gasteiger partial charge on any atom is 0.410 e. The maximum absolute atomic E-state index is 14.2. The van der Waals surface area contributed by atoms with Crippen LogP contribution in [0, 0.1) is 11.6 Å². The van der Waals surface area contributed by atoms with Crippen molar-refractivity contribution in [1.29, 1.82) is 0 Å². The predicted octanol–water partition coefficient (Wildman–Crippen LogP) is 5.14. The zero-order valence-corrected chi connectivity index (χ0v) is 19.6. The molecule has 0 spiro atoms. The Morgan fingerprint density at radius 2 is 1.76 bits per heavy atom. The van der Waals surface area contributed by atoms with Crippen molar-refractivity contribution in [1.82, 2.24) is 9.88 Å². The minimum Gasteiger partial charge on any atom is -0.493 e. The van der Waals surface area contributed by atoms with Gasteiger partial charge in [0.25, 0.3) is 0 Å². The molecule has 0 aliphatic carbocycles. The third-order valence-corrected chi connectivity index (χ3v) is 4.61. The molecule has 10 heteroatoms. The SMILES string of the molecule is COc1cc2c(Oc3c(F)cc(N)cc3F)ccnc2cc1OCCN(C)C(=O)OC(C)(C)C. The van der Waals surface area contributed by atoms with Crippen LogP contribution in [0.25, 0.3) is 10.9 Å². The summed E-state index contributed by atoms with van der Waals surface area (Å²) in [6, 6.07) is 6.64. The van der Waals surface area contributed by atoms with Crippen LogP contribution in [-0.4, -0.2) is 48.9 Å². The fourth-order valence-electron chi connectivity index (χ4n) is 3.00. The summed E-state index contributed by atoms with van der Waals surface area (Å²) in [4.78, 5) is 17.8. The number of halogens is 2. The molecule has 0 bridgehead atoms.